The van der Waals surface area contributed by atoms with Gasteiger partial charge in [-0.25, -0.2) is 19.7 Å². The summed E-state index contributed by atoms with van der Waals surface area (Å²) in [5.41, 5.74) is 2.19. The predicted molar refractivity (Wildman–Crippen MR) is 182 cm³/mol. The van der Waals surface area contributed by atoms with Crippen molar-refractivity contribution in [2.45, 2.75) is 39.2 Å². The van der Waals surface area contributed by atoms with E-state index in [-0.39, 0.29) is 18.4 Å². The summed E-state index contributed by atoms with van der Waals surface area (Å²) in [5, 5.41) is 6.10. The standard InChI is InChI=1S/C35H40N8O5/c1-35(2,3)48-34(46)43-16-14-42(15-17-43)31-19-25(10-11-38-31)28-21-27(22-29(40-28)41-30-23-36-12-13-37-30)39-32(44)20-26(33(45)47-4)18-24-8-6-5-7-9-24/h5-13,19,21-23,26H,14-18,20H2,1-4H3,(H2,37,39,40,41,44)/t26-/m0/s1. The number of rotatable bonds is 10. The van der Waals surface area contributed by atoms with Crippen LogP contribution in [0.15, 0.2) is 79.4 Å². The van der Waals surface area contributed by atoms with Gasteiger partial charge in [0.2, 0.25) is 5.91 Å². The lowest BCUT2D eigenvalue weighted by atomic mass is 9.96. The van der Waals surface area contributed by atoms with Gasteiger partial charge in [0.1, 0.15) is 23.1 Å². The molecule has 0 unspecified atom stereocenters. The first-order valence-electron chi connectivity index (χ1n) is 15.7. The van der Waals surface area contributed by atoms with E-state index in [0.29, 0.717) is 55.6 Å². The first-order chi connectivity index (χ1) is 23.1. The van der Waals surface area contributed by atoms with Crippen LogP contribution in [0.2, 0.25) is 0 Å². The molecule has 0 bridgehead atoms. The van der Waals surface area contributed by atoms with Crippen LogP contribution < -0.4 is 15.5 Å². The lowest BCUT2D eigenvalue weighted by Gasteiger charge is -2.36. The molecule has 0 spiro atoms. The molecule has 48 heavy (non-hydrogen) atoms. The maximum absolute atomic E-state index is 13.3. The minimum Gasteiger partial charge on any atom is -0.469 e. The van der Waals surface area contributed by atoms with E-state index in [1.165, 1.54) is 7.11 Å². The Morgan fingerprint density at radius 1 is 0.917 bits per heavy atom. The maximum Gasteiger partial charge on any atom is 0.410 e. The highest BCUT2D eigenvalue weighted by atomic mass is 16.6. The van der Waals surface area contributed by atoms with Crippen LogP contribution in [-0.4, -0.2) is 81.7 Å². The SMILES string of the molecule is COC(=O)[C@H](CC(=O)Nc1cc(Nc2cnccn2)nc(-c2ccnc(N3CCN(C(=O)OC(C)(C)C)CC3)c2)c1)Cc1ccccc1. The number of carbonyl (C=O) groups excluding carboxylic acids is 3. The highest BCUT2D eigenvalue weighted by Crippen LogP contribution is 2.28. The van der Waals surface area contributed by atoms with Crippen LogP contribution in [0.4, 0.5) is 27.9 Å². The maximum atomic E-state index is 13.3. The summed E-state index contributed by atoms with van der Waals surface area (Å²) >= 11 is 0. The predicted octanol–water partition coefficient (Wildman–Crippen LogP) is 5.09. The number of benzene rings is 1. The molecule has 4 heterocycles. The van der Waals surface area contributed by atoms with Crippen LogP contribution in [0, 0.1) is 5.92 Å². The number of hydrogen-bond donors (Lipinski definition) is 2. The van der Waals surface area contributed by atoms with Gasteiger partial charge in [-0.05, 0) is 51.0 Å². The van der Waals surface area contributed by atoms with Crippen molar-refractivity contribution in [3.63, 3.8) is 0 Å². The van der Waals surface area contributed by atoms with Gasteiger partial charge in [0.25, 0.3) is 0 Å². The highest BCUT2D eigenvalue weighted by Gasteiger charge is 2.27. The summed E-state index contributed by atoms with van der Waals surface area (Å²) in [4.78, 5) is 60.1. The molecule has 1 aromatic carbocycles. The van der Waals surface area contributed by atoms with Gasteiger partial charge in [0.15, 0.2) is 0 Å². The average molecular weight is 653 g/mol. The van der Waals surface area contributed by atoms with Crippen molar-refractivity contribution in [1.82, 2.24) is 24.8 Å². The lowest BCUT2D eigenvalue weighted by Crippen LogP contribution is -2.50. The third-order valence-electron chi connectivity index (χ3n) is 7.52. The Morgan fingerprint density at radius 3 is 2.38 bits per heavy atom. The van der Waals surface area contributed by atoms with E-state index < -0.39 is 17.5 Å². The topological polar surface area (TPSA) is 152 Å². The molecule has 2 amide bonds. The number of ether oxygens (including phenoxy) is 2. The number of anilines is 4. The minimum atomic E-state index is -0.658. The Kier molecular flexibility index (Phi) is 10.8. The third kappa shape index (κ3) is 9.47. The van der Waals surface area contributed by atoms with Crippen LogP contribution in [0.5, 0.6) is 0 Å². The first-order valence-corrected chi connectivity index (χ1v) is 15.7. The van der Waals surface area contributed by atoms with Crippen molar-refractivity contribution < 1.29 is 23.9 Å². The molecular weight excluding hydrogens is 612 g/mol. The smallest absolute Gasteiger partial charge is 0.410 e. The Labute approximate surface area is 279 Å². The monoisotopic (exact) mass is 652 g/mol. The van der Waals surface area contributed by atoms with E-state index in [2.05, 4.69) is 30.5 Å². The fraction of sp³-hybridized carbons (Fsp3) is 0.343. The van der Waals surface area contributed by atoms with Crippen LogP contribution in [0.25, 0.3) is 11.3 Å². The number of nitrogens with one attached hydrogen (secondary N) is 2. The number of nitrogens with zero attached hydrogens (tertiary/aromatic N) is 6. The molecule has 3 aromatic heterocycles. The molecule has 0 radical (unpaired) electrons. The lowest BCUT2D eigenvalue weighted by molar-refractivity contribution is -0.146. The van der Waals surface area contributed by atoms with Gasteiger partial charge in [0.05, 0.1) is 24.9 Å². The molecule has 1 aliphatic heterocycles. The van der Waals surface area contributed by atoms with Gasteiger partial charge in [0, 0.05) is 68.5 Å². The van der Waals surface area contributed by atoms with E-state index >= 15 is 0 Å². The molecule has 1 saturated heterocycles. The summed E-state index contributed by atoms with van der Waals surface area (Å²) in [7, 11) is 1.32. The Hall–Kier alpha value is -5.59. The fourth-order valence-electron chi connectivity index (χ4n) is 5.24. The van der Waals surface area contributed by atoms with E-state index in [1.807, 2.05) is 63.2 Å². The van der Waals surface area contributed by atoms with Crippen LogP contribution >= 0.6 is 0 Å². The zero-order chi connectivity index (χ0) is 34.1. The fourth-order valence-corrected chi connectivity index (χ4v) is 5.24. The van der Waals surface area contributed by atoms with Gasteiger partial charge in [-0.1, -0.05) is 30.3 Å². The molecule has 1 fully saturated rings. The number of pyridine rings is 2. The van der Waals surface area contributed by atoms with Gasteiger partial charge in [-0.15, -0.1) is 0 Å². The number of esters is 1. The first kappa shape index (κ1) is 33.8. The van der Waals surface area contributed by atoms with E-state index in [9.17, 15) is 14.4 Å². The molecule has 1 aliphatic rings. The second-order valence-electron chi connectivity index (χ2n) is 12.4. The van der Waals surface area contributed by atoms with Crippen molar-refractivity contribution in [1.29, 1.82) is 0 Å². The van der Waals surface area contributed by atoms with Gasteiger partial charge < -0.3 is 29.9 Å². The molecule has 5 rings (SSSR count). The number of carbonyl (C=O) groups is 3. The molecule has 2 N–H and O–H groups in total. The molecule has 4 aromatic rings. The van der Waals surface area contributed by atoms with Crippen LogP contribution in [0.3, 0.4) is 0 Å². The zero-order valence-corrected chi connectivity index (χ0v) is 27.6. The zero-order valence-electron chi connectivity index (χ0n) is 27.6. The minimum absolute atomic E-state index is 0.0686. The van der Waals surface area contributed by atoms with Crippen LogP contribution in [0.1, 0.15) is 32.8 Å². The summed E-state index contributed by atoms with van der Waals surface area (Å²) in [5.74, 6) is 0.188. The number of amides is 2. The summed E-state index contributed by atoms with van der Waals surface area (Å²) in [6, 6.07) is 16.7. The van der Waals surface area contributed by atoms with Crippen molar-refractivity contribution >= 4 is 41.1 Å². The average Bonchev–Trinajstić information content (AvgIpc) is 3.08. The van der Waals surface area contributed by atoms with Crippen molar-refractivity contribution in [3.05, 3.63) is 84.9 Å². The number of methoxy groups -OCH3 is 1. The quantitative estimate of drug-likeness (QED) is 0.220. The van der Waals surface area contributed by atoms with Gasteiger partial charge >= 0.3 is 12.1 Å². The van der Waals surface area contributed by atoms with Crippen molar-refractivity contribution in [2.24, 2.45) is 5.92 Å². The van der Waals surface area contributed by atoms with E-state index in [1.54, 1.807) is 41.8 Å². The van der Waals surface area contributed by atoms with Crippen molar-refractivity contribution in [2.75, 3.05) is 48.8 Å². The molecule has 13 heteroatoms. The second kappa shape index (κ2) is 15.3. The normalized spacial score (nSPS) is 13.8. The van der Waals surface area contributed by atoms with Gasteiger partial charge in [-0.3, -0.25) is 14.6 Å². The number of aromatic nitrogens is 4. The molecule has 1 atom stereocenters. The Bertz CT molecular complexity index is 1710. The molecular formula is C35H40N8O5. The van der Waals surface area contributed by atoms with Gasteiger partial charge in [-0.2, -0.15) is 0 Å². The molecule has 0 saturated carbocycles. The highest BCUT2D eigenvalue weighted by molar-refractivity contribution is 5.94. The third-order valence-corrected chi connectivity index (χ3v) is 7.52. The van der Waals surface area contributed by atoms with Crippen molar-refractivity contribution in [3.8, 4) is 11.3 Å². The summed E-state index contributed by atoms with van der Waals surface area (Å²) in [6.45, 7) is 7.73. The van der Waals surface area contributed by atoms with E-state index in [4.69, 9.17) is 14.5 Å². The second-order valence-corrected chi connectivity index (χ2v) is 12.4. The van der Waals surface area contributed by atoms with E-state index in [0.717, 1.165) is 16.9 Å². The number of hydrogen-bond acceptors (Lipinski definition) is 11. The summed E-state index contributed by atoms with van der Waals surface area (Å²) < 4.78 is 10.5. The molecule has 0 aliphatic carbocycles. The molecule has 13 nitrogen and oxygen atoms in total. The Morgan fingerprint density at radius 2 is 1.69 bits per heavy atom. The summed E-state index contributed by atoms with van der Waals surface area (Å²) in [6.07, 6.45) is 6.38. The van der Waals surface area contributed by atoms with Crippen LogP contribution in [-0.2, 0) is 25.5 Å². The number of piperazine rings is 1. The Balaban J connectivity index is 1.35. The largest absolute Gasteiger partial charge is 0.469 e. The molecule has 250 valence electrons.